The monoisotopic (exact) mass is 243 g/mol. The molecule has 0 aromatic heterocycles. The van der Waals surface area contributed by atoms with Gasteiger partial charge in [-0.15, -0.1) is 0 Å². The Bertz CT molecular complexity index is 371. The van der Waals surface area contributed by atoms with Crippen molar-refractivity contribution >= 4 is 18.6 Å². The number of anilines is 1. The van der Waals surface area contributed by atoms with E-state index < -0.39 is 7.60 Å². The lowest BCUT2D eigenvalue weighted by atomic mass is 10.3. The molecule has 0 spiro atoms. The maximum atomic E-state index is 12.5. The van der Waals surface area contributed by atoms with Crippen molar-refractivity contribution in [3.8, 4) is 0 Å². The normalized spacial score (nSPS) is 11.4. The van der Waals surface area contributed by atoms with Gasteiger partial charge in [-0.2, -0.15) is 0 Å². The van der Waals surface area contributed by atoms with Crippen LogP contribution >= 0.6 is 7.60 Å². The minimum Gasteiger partial charge on any atom is -0.387 e. The van der Waals surface area contributed by atoms with Crippen molar-refractivity contribution in [1.82, 2.24) is 0 Å². The van der Waals surface area contributed by atoms with Crippen LogP contribution in [0.5, 0.6) is 0 Å². The van der Waals surface area contributed by atoms with Crippen molar-refractivity contribution in [3.05, 3.63) is 24.3 Å². The average Bonchev–Trinajstić information content (AvgIpc) is 2.29. The van der Waals surface area contributed by atoms with Crippen LogP contribution in [0.15, 0.2) is 24.3 Å². The second kappa shape index (κ2) is 6.04. The zero-order chi connectivity index (χ0) is 12.0. The van der Waals surface area contributed by atoms with Crippen LogP contribution in [0, 0.1) is 0 Å². The van der Waals surface area contributed by atoms with E-state index in [1.165, 1.54) is 0 Å². The van der Waals surface area contributed by atoms with Gasteiger partial charge in [0, 0.05) is 12.7 Å². The van der Waals surface area contributed by atoms with E-state index in [0.29, 0.717) is 18.5 Å². The van der Waals surface area contributed by atoms with Crippen molar-refractivity contribution in [2.24, 2.45) is 0 Å². The standard InChI is InChI=1S/C11H18NO3P/c1-4-14-16(13,15-5-2)11-9-7-6-8-10(11)12-3/h6-9,12H,4-5H2,1-3H3. The Morgan fingerprint density at radius 1 is 1.19 bits per heavy atom. The van der Waals surface area contributed by atoms with Crippen LogP contribution < -0.4 is 10.6 Å². The summed E-state index contributed by atoms with van der Waals surface area (Å²) in [6.07, 6.45) is 0. The highest BCUT2D eigenvalue weighted by Crippen LogP contribution is 2.48. The van der Waals surface area contributed by atoms with E-state index in [1.807, 2.05) is 18.2 Å². The summed E-state index contributed by atoms with van der Waals surface area (Å²) in [7, 11) is -1.41. The molecule has 1 aromatic rings. The summed E-state index contributed by atoms with van der Waals surface area (Å²) in [4.78, 5) is 0. The van der Waals surface area contributed by atoms with Crippen LogP contribution in [0.2, 0.25) is 0 Å². The van der Waals surface area contributed by atoms with Gasteiger partial charge in [0.15, 0.2) is 0 Å². The van der Waals surface area contributed by atoms with Crippen molar-refractivity contribution in [2.75, 3.05) is 25.6 Å². The molecule has 0 aliphatic carbocycles. The minimum absolute atomic E-state index is 0.356. The van der Waals surface area contributed by atoms with Crippen LogP contribution in [0.3, 0.4) is 0 Å². The van der Waals surface area contributed by atoms with Gasteiger partial charge < -0.3 is 14.4 Å². The van der Waals surface area contributed by atoms with Gasteiger partial charge in [-0.05, 0) is 26.0 Å². The van der Waals surface area contributed by atoms with E-state index in [4.69, 9.17) is 9.05 Å². The van der Waals surface area contributed by atoms with Crippen LogP contribution in [0.4, 0.5) is 5.69 Å². The number of nitrogens with one attached hydrogen (secondary N) is 1. The molecule has 0 aliphatic rings. The number of hydrogen-bond donors (Lipinski definition) is 1. The van der Waals surface area contributed by atoms with Gasteiger partial charge in [-0.3, -0.25) is 4.57 Å². The van der Waals surface area contributed by atoms with Gasteiger partial charge in [-0.1, -0.05) is 12.1 Å². The molecule has 1 N–H and O–H groups in total. The summed E-state index contributed by atoms with van der Waals surface area (Å²) in [5.41, 5.74) is 0.771. The Morgan fingerprint density at radius 3 is 2.25 bits per heavy atom. The molecule has 0 unspecified atom stereocenters. The number of para-hydroxylation sites is 1. The fourth-order valence-corrected chi connectivity index (χ4v) is 3.22. The SMILES string of the molecule is CCOP(=O)(OCC)c1ccccc1NC. The maximum Gasteiger partial charge on any atom is 0.363 e. The summed E-state index contributed by atoms with van der Waals surface area (Å²) < 4.78 is 23.1. The van der Waals surface area contributed by atoms with E-state index in [1.54, 1.807) is 27.0 Å². The van der Waals surface area contributed by atoms with Crippen molar-refractivity contribution in [1.29, 1.82) is 0 Å². The highest BCUT2D eigenvalue weighted by atomic mass is 31.2. The molecule has 90 valence electrons. The van der Waals surface area contributed by atoms with Gasteiger partial charge in [0.2, 0.25) is 0 Å². The predicted molar refractivity (Wildman–Crippen MR) is 66.5 cm³/mol. The van der Waals surface area contributed by atoms with E-state index in [9.17, 15) is 4.57 Å². The highest BCUT2D eigenvalue weighted by molar-refractivity contribution is 7.62. The Hall–Kier alpha value is -0.830. The molecular weight excluding hydrogens is 225 g/mol. The van der Waals surface area contributed by atoms with Crippen LogP contribution in [-0.2, 0) is 13.6 Å². The number of benzene rings is 1. The Labute approximate surface area is 96.5 Å². The molecule has 4 nitrogen and oxygen atoms in total. The van der Waals surface area contributed by atoms with Gasteiger partial charge in [0.05, 0.1) is 18.5 Å². The lowest BCUT2D eigenvalue weighted by Gasteiger charge is -2.19. The molecule has 5 heteroatoms. The molecule has 0 amide bonds. The van der Waals surface area contributed by atoms with Gasteiger partial charge in [0.1, 0.15) is 0 Å². The second-order valence-corrected chi connectivity index (χ2v) is 5.09. The molecule has 0 saturated heterocycles. The third-order valence-corrected chi connectivity index (χ3v) is 4.24. The Morgan fingerprint density at radius 2 is 1.75 bits per heavy atom. The molecule has 0 heterocycles. The molecule has 1 rings (SSSR count). The Kier molecular flexibility index (Phi) is 5.00. The van der Waals surface area contributed by atoms with E-state index in [0.717, 1.165) is 5.69 Å². The van der Waals surface area contributed by atoms with Gasteiger partial charge in [0.25, 0.3) is 0 Å². The van der Waals surface area contributed by atoms with Crippen molar-refractivity contribution in [2.45, 2.75) is 13.8 Å². The largest absolute Gasteiger partial charge is 0.387 e. The van der Waals surface area contributed by atoms with Gasteiger partial charge in [-0.25, -0.2) is 0 Å². The van der Waals surface area contributed by atoms with E-state index >= 15 is 0 Å². The Balaban J connectivity index is 3.15. The molecule has 0 bridgehead atoms. The predicted octanol–water partition coefficient (Wildman–Crippen LogP) is 2.62. The first-order valence-electron chi connectivity index (χ1n) is 5.34. The lowest BCUT2D eigenvalue weighted by Crippen LogP contribution is -2.14. The molecule has 0 fully saturated rings. The first kappa shape index (κ1) is 13.2. The highest BCUT2D eigenvalue weighted by Gasteiger charge is 2.28. The second-order valence-electron chi connectivity index (χ2n) is 3.10. The first-order chi connectivity index (χ1) is 7.68. The van der Waals surface area contributed by atoms with Crippen molar-refractivity contribution in [3.63, 3.8) is 0 Å². The summed E-state index contributed by atoms with van der Waals surface area (Å²) in [5, 5.41) is 3.57. The topological polar surface area (TPSA) is 47.6 Å². The number of rotatable bonds is 6. The van der Waals surface area contributed by atoms with Crippen LogP contribution in [-0.4, -0.2) is 20.3 Å². The zero-order valence-corrected chi connectivity index (χ0v) is 10.8. The molecular formula is C11H18NO3P. The van der Waals surface area contributed by atoms with Crippen molar-refractivity contribution < 1.29 is 13.6 Å². The van der Waals surface area contributed by atoms with Crippen LogP contribution in [0.25, 0.3) is 0 Å². The maximum absolute atomic E-state index is 12.5. The summed E-state index contributed by atoms with van der Waals surface area (Å²) in [5.74, 6) is 0. The molecule has 0 aliphatic heterocycles. The molecule has 1 aromatic carbocycles. The average molecular weight is 243 g/mol. The third kappa shape index (κ3) is 2.85. The van der Waals surface area contributed by atoms with Crippen LogP contribution in [0.1, 0.15) is 13.8 Å². The molecule has 0 radical (unpaired) electrons. The van der Waals surface area contributed by atoms with E-state index in [-0.39, 0.29) is 0 Å². The zero-order valence-electron chi connectivity index (χ0n) is 9.90. The van der Waals surface area contributed by atoms with Gasteiger partial charge >= 0.3 is 7.60 Å². The van der Waals surface area contributed by atoms with E-state index in [2.05, 4.69) is 5.32 Å². The smallest absolute Gasteiger partial charge is 0.363 e. The fourth-order valence-electron chi connectivity index (χ4n) is 1.44. The minimum atomic E-state index is -3.19. The third-order valence-electron chi connectivity index (χ3n) is 2.07. The number of hydrogen-bond acceptors (Lipinski definition) is 4. The summed E-state index contributed by atoms with van der Waals surface area (Å²) >= 11 is 0. The first-order valence-corrected chi connectivity index (χ1v) is 6.88. The molecule has 0 saturated carbocycles. The molecule has 16 heavy (non-hydrogen) atoms. The quantitative estimate of drug-likeness (QED) is 0.780. The fraction of sp³-hybridized carbons (Fsp3) is 0.455. The summed E-state index contributed by atoms with van der Waals surface area (Å²) in [6.45, 7) is 4.31. The lowest BCUT2D eigenvalue weighted by molar-refractivity contribution is 0.230. The molecule has 0 atom stereocenters. The summed E-state index contributed by atoms with van der Waals surface area (Å²) in [6, 6.07) is 7.30.